The smallest absolute Gasteiger partial charge is 0.326 e. The van der Waals surface area contributed by atoms with Crippen LogP contribution in [0.1, 0.15) is 33.6 Å². The van der Waals surface area contributed by atoms with Gasteiger partial charge in [-0.2, -0.15) is 0 Å². The van der Waals surface area contributed by atoms with Crippen LogP contribution >= 0.6 is 0 Å². The molecule has 6 nitrogen and oxygen atoms in total. The van der Waals surface area contributed by atoms with Crippen molar-refractivity contribution in [3.63, 3.8) is 0 Å². The van der Waals surface area contributed by atoms with Crippen LogP contribution in [0.4, 0.5) is 4.79 Å². The van der Waals surface area contributed by atoms with Gasteiger partial charge in [0.25, 0.3) is 0 Å². The number of carbonyl (C=O) groups excluding carboxylic acids is 1. The summed E-state index contributed by atoms with van der Waals surface area (Å²) in [7, 11) is 0. The Labute approximate surface area is 114 Å². The molecule has 1 atom stereocenters. The van der Waals surface area contributed by atoms with Gasteiger partial charge in [-0.05, 0) is 31.3 Å². The number of hydrogen-bond acceptors (Lipinski definition) is 3. The third-order valence-electron chi connectivity index (χ3n) is 3.30. The first-order valence-electron chi connectivity index (χ1n) is 6.80. The molecule has 1 aliphatic heterocycles. The lowest BCUT2D eigenvalue weighted by Crippen LogP contribution is -2.52. The van der Waals surface area contributed by atoms with Crippen LogP contribution in [-0.4, -0.2) is 54.2 Å². The summed E-state index contributed by atoms with van der Waals surface area (Å²) in [6, 6.07) is -1.30. The molecule has 3 N–H and O–H groups in total. The molecule has 110 valence electrons. The second-order valence-electron chi connectivity index (χ2n) is 6.09. The number of amides is 2. The van der Waals surface area contributed by atoms with Crippen LogP contribution in [0.2, 0.25) is 0 Å². The molecular weight excluding hydrogens is 246 g/mol. The van der Waals surface area contributed by atoms with E-state index in [1.165, 1.54) is 12.8 Å². The third kappa shape index (κ3) is 5.46. The van der Waals surface area contributed by atoms with Crippen LogP contribution in [0.5, 0.6) is 0 Å². The van der Waals surface area contributed by atoms with Gasteiger partial charge in [0.1, 0.15) is 6.04 Å². The minimum Gasteiger partial charge on any atom is -0.480 e. The van der Waals surface area contributed by atoms with E-state index in [0.29, 0.717) is 6.54 Å². The molecule has 1 heterocycles. The number of urea groups is 1. The summed E-state index contributed by atoms with van der Waals surface area (Å²) in [6.07, 6.45) is 2.44. The van der Waals surface area contributed by atoms with Gasteiger partial charge in [-0.15, -0.1) is 0 Å². The van der Waals surface area contributed by atoms with Crippen molar-refractivity contribution < 1.29 is 14.7 Å². The molecule has 1 rings (SSSR count). The Kier molecular flexibility index (Phi) is 5.60. The molecule has 0 saturated carbocycles. The number of carbonyl (C=O) groups is 2. The number of nitrogens with zero attached hydrogens (tertiary/aromatic N) is 1. The molecule has 0 spiro atoms. The first-order chi connectivity index (χ1) is 8.80. The maximum Gasteiger partial charge on any atom is 0.326 e. The number of carboxylic acid groups (broad SMARTS) is 1. The second kappa shape index (κ2) is 6.75. The molecule has 0 aromatic carbocycles. The standard InChI is InChI=1S/C13H25N3O3/c1-13(2,3)10(11(17)18)15-12(19)14-6-9-16-7-4-5-8-16/h10H,4-9H2,1-3H3,(H,17,18)(H2,14,15,19)/t10-/m0/s1. The Balaban J connectivity index is 2.30. The Morgan fingerprint density at radius 2 is 1.84 bits per heavy atom. The van der Waals surface area contributed by atoms with E-state index in [2.05, 4.69) is 15.5 Å². The highest BCUT2D eigenvalue weighted by Crippen LogP contribution is 2.19. The molecule has 1 aliphatic rings. The van der Waals surface area contributed by atoms with Gasteiger partial charge >= 0.3 is 12.0 Å². The van der Waals surface area contributed by atoms with Crippen LogP contribution in [0, 0.1) is 5.41 Å². The fourth-order valence-corrected chi connectivity index (χ4v) is 2.16. The minimum absolute atomic E-state index is 0.415. The molecule has 0 aromatic rings. The largest absolute Gasteiger partial charge is 0.480 e. The topological polar surface area (TPSA) is 81.7 Å². The van der Waals surface area contributed by atoms with Crippen molar-refractivity contribution in [1.29, 1.82) is 0 Å². The quantitative estimate of drug-likeness (QED) is 0.693. The van der Waals surface area contributed by atoms with E-state index in [1.54, 1.807) is 20.8 Å². The lowest BCUT2D eigenvalue weighted by atomic mass is 9.87. The SMILES string of the molecule is CC(C)(C)[C@@H](NC(=O)NCCN1CCCC1)C(=O)O. The first-order valence-corrected chi connectivity index (χ1v) is 6.80. The van der Waals surface area contributed by atoms with Crippen LogP contribution in [0.15, 0.2) is 0 Å². The average Bonchev–Trinajstić information content (AvgIpc) is 2.77. The van der Waals surface area contributed by atoms with Crippen LogP contribution in [-0.2, 0) is 4.79 Å². The van der Waals surface area contributed by atoms with Crippen LogP contribution < -0.4 is 10.6 Å². The Bertz CT molecular complexity index is 320. The molecule has 1 fully saturated rings. The zero-order valence-corrected chi connectivity index (χ0v) is 12.0. The molecule has 0 aliphatic carbocycles. The van der Waals surface area contributed by atoms with E-state index in [-0.39, 0.29) is 0 Å². The normalized spacial score (nSPS) is 18.1. The summed E-state index contributed by atoms with van der Waals surface area (Å²) in [5.74, 6) is -1.01. The van der Waals surface area contributed by atoms with Crippen LogP contribution in [0.3, 0.4) is 0 Å². The Morgan fingerprint density at radius 1 is 1.26 bits per heavy atom. The lowest BCUT2D eigenvalue weighted by molar-refractivity contribution is -0.141. The summed E-state index contributed by atoms with van der Waals surface area (Å²) in [5, 5.41) is 14.3. The van der Waals surface area contributed by atoms with Gasteiger partial charge in [-0.3, -0.25) is 0 Å². The van der Waals surface area contributed by atoms with E-state index >= 15 is 0 Å². The van der Waals surface area contributed by atoms with E-state index in [4.69, 9.17) is 5.11 Å². The zero-order valence-electron chi connectivity index (χ0n) is 12.0. The maximum atomic E-state index is 11.7. The van der Waals surface area contributed by atoms with Crippen molar-refractivity contribution in [2.24, 2.45) is 5.41 Å². The van der Waals surface area contributed by atoms with Gasteiger partial charge in [-0.25, -0.2) is 9.59 Å². The highest BCUT2D eigenvalue weighted by molar-refractivity contribution is 5.83. The molecule has 0 unspecified atom stereocenters. The zero-order chi connectivity index (χ0) is 14.5. The Hall–Kier alpha value is -1.30. The number of carboxylic acids is 1. The van der Waals surface area contributed by atoms with E-state index in [9.17, 15) is 9.59 Å². The molecular formula is C13H25N3O3. The fraction of sp³-hybridized carbons (Fsp3) is 0.846. The lowest BCUT2D eigenvalue weighted by Gasteiger charge is -2.27. The highest BCUT2D eigenvalue weighted by atomic mass is 16.4. The molecule has 2 amide bonds. The van der Waals surface area contributed by atoms with Gasteiger partial charge in [0.2, 0.25) is 0 Å². The number of hydrogen-bond donors (Lipinski definition) is 3. The van der Waals surface area contributed by atoms with Crippen molar-refractivity contribution >= 4 is 12.0 Å². The number of likely N-dealkylation sites (tertiary alicyclic amines) is 1. The number of nitrogens with one attached hydrogen (secondary N) is 2. The van der Waals surface area contributed by atoms with Gasteiger partial charge in [0, 0.05) is 13.1 Å². The van der Waals surface area contributed by atoms with Crippen LogP contribution in [0.25, 0.3) is 0 Å². The summed E-state index contributed by atoms with van der Waals surface area (Å²) >= 11 is 0. The summed E-state index contributed by atoms with van der Waals surface area (Å²) in [6.45, 7) is 8.90. The summed E-state index contributed by atoms with van der Waals surface area (Å²) < 4.78 is 0. The van der Waals surface area contributed by atoms with Gasteiger partial charge in [0.15, 0.2) is 0 Å². The number of rotatable bonds is 5. The van der Waals surface area contributed by atoms with Crippen molar-refractivity contribution in [2.75, 3.05) is 26.2 Å². The first kappa shape index (κ1) is 15.8. The second-order valence-corrected chi connectivity index (χ2v) is 6.09. The molecule has 0 aromatic heterocycles. The average molecular weight is 271 g/mol. The van der Waals surface area contributed by atoms with Gasteiger partial charge in [0.05, 0.1) is 0 Å². The van der Waals surface area contributed by atoms with Crippen molar-refractivity contribution in [3.05, 3.63) is 0 Å². The number of aliphatic carboxylic acids is 1. The van der Waals surface area contributed by atoms with E-state index in [1.807, 2.05) is 0 Å². The Morgan fingerprint density at radius 3 is 2.32 bits per heavy atom. The van der Waals surface area contributed by atoms with Crippen molar-refractivity contribution in [1.82, 2.24) is 15.5 Å². The molecule has 0 bridgehead atoms. The molecule has 6 heteroatoms. The molecule has 0 radical (unpaired) electrons. The predicted octanol–water partition coefficient (Wildman–Crippen LogP) is 0.881. The fourth-order valence-electron chi connectivity index (χ4n) is 2.16. The van der Waals surface area contributed by atoms with E-state index in [0.717, 1.165) is 19.6 Å². The summed E-state index contributed by atoms with van der Waals surface area (Å²) in [4.78, 5) is 25.1. The maximum absolute atomic E-state index is 11.7. The summed E-state index contributed by atoms with van der Waals surface area (Å²) in [5.41, 5.74) is -0.516. The highest BCUT2D eigenvalue weighted by Gasteiger charge is 2.32. The third-order valence-corrected chi connectivity index (χ3v) is 3.30. The van der Waals surface area contributed by atoms with Crippen molar-refractivity contribution in [2.45, 2.75) is 39.7 Å². The van der Waals surface area contributed by atoms with Gasteiger partial charge < -0.3 is 20.6 Å². The van der Waals surface area contributed by atoms with Crippen molar-refractivity contribution in [3.8, 4) is 0 Å². The molecule has 1 saturated heterocycles. The van der Waals surface area contributed by atoms with Gasteiger partial charge in [-0.1, -0.05) is 20.8 Å². The minimum atomic E-state index is -1.01. The monoisotopic (exact) mass is 271 g/mol. The van der Waals surface area contributed by atoms with E-state index < -0.39 is 23.5 Å². The predicted molar refractivity (Wildman–Crippen MR) is 73.1 cm³/mol. The molecule has 19 heavy (non-hydrogen) atoms.